The molecule has 0 N–H and O–H groups in total. The molecule has 0 saturated heterocycles. The van der Waals surface area contributed by atoms with Crippen molar-refractivity contribution in [1.29, 1.82) is 0 Å². The Morgan fingerprint density at radius 3 is 2.89 bits per heavy atom. The van der Waals surface area contributed by atoms with Gasteiger partial charge in [0.2, 0.25) is 5.78 Å². The normalized spacial score (nSPS) is 11.1. The van der Waals surface area contributed by atoms with E-state index in [1.54, 1.807) is 12.1 Å². The summed E-state index contributed by atoms with van der Waals surface area (Å²) < 4.78 is 23.8. The van der Waals surface area contributed by atoms with Crippen LogP contribution in [0.3, 0.4) is 0 Å². The Bertz CT molecular complexity index is 752. The van der Waals surface area contributed by atoms with Crippen molar-refractivity contribution in [2.75, 3.05) is 0 Å². The van der Waals surface area contributed by atoms with Crippen molar-refractivity contribution in [3.63, 3.8) is 0 Å². The molecule has 0 fully saturated rings. The molecule has 4 heteroatoms. The average Bonchev–Trinajstić information content (AvgIpc) is 3.03. The smallest absolute Gasteiger partial charge is 0.231 e. The summed E-state index contributed by atoms with van der Waals surface area (Å²) in [6.45, 7) is 1.91. The molecule has 0 amide bonds. The van der Waals surface area contributed by atoms with Crippen LogP contribution in [0.1, 0.15) is 28.8 Å². The lowest BCUT2D eigenvalue weighted by Crippen LogP contribution is -2.00. The summed E-state index contributed by atoms with van der Waals surface area (Å²) in [5.41, 5.74) is 0.980. The van der Waals surface area contributed by atoms with Gasteiger partial charge in [0.25, 0.3) is 0 Å². The van der Waals surface area contributed by atoms with Gasteiger partial charge in [-0.3, -0.25) is 4.79 Å². The first-order chi connectivity index (χ1) is 9.19. The van der Waals surface area contributed by atoms with Crippen molar-refractivity contribution in [3.05, 3.63) is 59.5 Å². The average molecular weight is 258 g/mol. The molecule has 0 saturated carbocycles. The van der Waals surface area contributed by atoms with Gasteiger partial charge in [0.15, 0.2) is 5.76 Å². The predicted molar refractivity (Wildman–Crippen MR) is 67.7 cm³/mol. The van der Waals surface area contributed by atoms with E-state index in [1.165, 1.54) is 24.5 Å². The summed E-state index contributed by atoms with van der Waals surface area (Å²) in [4.78, 5) is 12.3. The molecule has 3 rings (SSSR count). The van der Waals surface area contributed by atoms with Crippen LogP contribution in [0.4, 0.5) is 4.39 Å². The minimum atomic E-state index is -0.357. The predicted octanol–water partition coefficient (Wildman–Crippen LogP) is 3.96. The van der Waals surface area contributed by atoms with Gasteiger partial charge < -0.3 is 8.83 Å². The van der Waals surface area contributed by atoms with Gasteiger partial charge in [-0.15, -0.1) is 0 Å². The van der Waals surface area contributed by atoms with Crippen molar-refractivity contribution in [1.82, 2.24) is 0 Å². The minimum Gasteiger partial charge on any atom is -0.469 e. The highest BCUT2D eigenvalue weighted by molar-refractivity contribution is 6.09. The third-order valence-electron chi connectivity index (χ3n) is 3.01. The quantitative estimate of drug-likeness (QED) is 0.668. The lowest BCUT2D eigenvalue weighted by molar-refractivity contribution is 0.101. The van der Waals surface area contributed by atoms with E-state index in [0.29, 0.717) is 28.7 Å². The summed E-state index contributed by atoms with van der Waals surface area (Å²) in [6, 6.07) is 7.32. The van der Waals surface area contributed by atoms with Gasteiger partial charge in [-0.1, -0.05) is 6.92 Å². The van der Waals surface area contributed by atoms with E-state index in [1.807, 2.05) is 6.92 Å². The number of aryl methyl sites for hydroxylation is 1. The van der Waals surface area contributed by atoms with Gasteiger partial charge in [-0.25, -0.2) is 4.39 Å². The van der Waals surface area contributed by atoms with E-state index in [9.17, 15) is 9.18 Å². The Kier molecular flexibility index (Phi) is 2.71. The minimum absolute atomic E-state index is 0.191. The van der Waals surface area contributed by atoms with E-state index < -0.39 is 0 Å². The summed E-state index contributed by atoms with van der Waals surface area (Å²) >= 11 is 0. The van der Waals surface area contributed by atoms with Gasteiger partial charge in [0.1, 0.15) is 17.2 Å². The number of furan rings is 2. The molecule has 19 heavy (non-hydrogen) atoms. The van der Waals surface area contributed by atoms with Crippen molar-refractivity contribution in [3.8, 4) is 0 Å². The fourth-order valence-electron chi connectivity index (χ4n) is 2.08. The van der Waals surface area contributed by atoms with Gasteiger partial charge in [0.05, 0.1) is 11.8 Å². The van der Waals surface area contributed by atoms with Crippen molar-refractivity contribution >= 4 is 16.8 Å². The van der Waals surface area contributed by atoms with Crippen LogP contribution >= 0.6 is 0 Å². The third kappa shape index (κ3) is 1.95. The van der Waals surface area contributed by atoms with Crippen molar-refractivity contribution < 1.29 is 18.0 Å². The zero-order chi connectivity index (χ0) is 13.4. The fraction of sp³-hybridized carbons (Fsp3) is 0.133. The Hall–Kier alpha value is -2.36. The molecule has 0 radical (unpaired) electrons. The SMILES string of the molecule is CCc1occc1C(=O)c1cc2cc(F)ccc2o1. The zero-order valence-corrected chi connectivity index (χ0v) is 10.3. The Morgan fingerprint density at radius 1 is 1.26 bits per heavy atom. The molecule has 2 aromatic heterocycles. The Balaban J connectivity index is 2.07. The van der Waals surface area contributed by atoms with Crippen LogP contribution in [-0.2, 0) is 6.42 Å². The lowest BCUT2D eigenvalue weighted by atomic mass is 10.1. The van der Waals surface area contributed by atoms with Crippen LogP contribution in [0, 0.1) is 5.82 Å². The number of halogens is 1. The number of carbonyl (C=O) groups excluding carboxylic acids is 1. The maximum Gasteiger partial charge on any atom is 0.231 e. The highest BCUT2D eigenvalue weighted by Gasteiger charge is 2.19. The number of hydrogen-bond donors (Lipinski definition) is 0. The molecule has 0 atom stereocenters. The fourth-order valence-corrected chi connectivity index (χ4v) is 2.08. The van der Waals surface area contributed by atoms with Crippen LogP contribution in [-0.4, -0.2) is 5.78 Å². The molecule has 0 aliphatic carbocycles. The summed E-state index contributed by atoms with van der Waals surface area (Å²) in [5, 5.41) is 0.574. The molecule has 0 unspecified atom stereocenters. The standard InChI is InChI=1S/C15H11FO3/c1-2-12-11(5-6-18-12)15(17)14-8-9-7-10(16)3-4-13(9)19-14/h3-8H,2H2,1H3. The van der Waals surface area contributed by atoms with E-state index in [-0.39, 0.29) is 17.4 Å². The van der Waals surface area contributed by atoms with Crippen molar-refractivity contribution in [2.45, 2.75) is 13.3 Å². The Morgan fingerprint density at radius 2 is 2.11 bits per heavy atom. The van der Waals surface area contributed by atoms with Gasteiger partial charge in [-0.2, -0.15) is 0 Å². The summed E-state index contributed by atoms with van der Waals surface area (Å²) in [7, 11) is 0. The van der Waals surface area contributed by atoms with Crippen LogP contribution in [0.5, 0.6) is 0 Å². The molecular weight excluding hydrogens is 247 g/mol. The second-order valence-electron chi connectivity index (χ2n) is 4.23. The third-order valence-corrected chi connectivity index (χ3v) is 3.01. The number of fused-ring (bicyclic) bond motifs is 1. The number of rotatable bonds is 3. The molecule has 3 nitrogen and oxygen atoms in total. The van der Waals surface area contributed by atoms with Crippen LogP contribution < -0.4 is 0 Å². The van der Waals surface area contributed by atoms with Gasteiger partial charge in [0, 0.05) is 11.8 Å². The van der Waals surface area contributed by atoms with Gasteiger partial charge in [-0.05, 0) is 30.3 Å². The summed E-state index contributed by atoms with van der Waals surface area (Å²) in [6.07, 6.45) is 2.11. The van der Waals surface area contributed by atoms with Crippen LogP contribution in [0.15, 0.2) is 45.4 Å². The Labute approximate surface area is 108 Å². The number of ketones is 1. The molecule has 0 aliphatic rings. The molecule has 3 aromatic rings. The molecule has 0 bridgehead atoms. The highest BCUT2D eigenvalue weighted by atomic mass is 19.1. The maximum atomic E-state index is 13.1. The largest absolute Gasteiger partial charge is 0.469 e. The van der Waals surface area contributed by atoms with E-state index >= 15 is 0 Å². The monoisotopic (exact) mass is 258 g/mol. The molecule has 1 aromatic carbocycles. The van der Waals surface area contributed by atoms with Crippen LogP contribution in [0.2, 0.25) is 0 Å². The zero-order valence-electron chi connectivity index (χ0n) is 10.3. The number of carbonyl (C=O) groups is 1. The van der Waals surface area contributed by atoms with E-state index in [4.69, 9.17) is 8.83 Å². The lowest BCUT2D eigenvalue weighted by Gasteiger charge is -1.96. The number of benzene rings is 1. The summed E-state index contributed by atoms with van der Waals surface area (Å²) in [5.74, 6) is 0.209. The first kappa shape index (κ1) is 11.7. The van der Waals surface area contributed by atoms with Gasteiger partial charge >= 0.3 is 0 Å². The van der Waals surface area contributed by atoms with Crippen LogP contribution in [0.25, 0.3) is 11.0 Å². The highest BCUT2D eigenvalue weighted by Crippen LogP contribution is 2.24. The maximum absolute atomic E-state index is 13.1. The molecule has 0 aliphatic heterocycles. The second kappa shape index (κ2) is 4.39. The number of hydrogen-bond acceptors (Lipinski definition) is 3. The van der Waals surface area contributed by atoms with E-state index in [2.05, 4.69) is 0 Å². The molecule has 0 spiro atoms. The van der Waals surface area contributed by atoms with Crippen molar-refractivity contribution in [2.24, 2.45) is 0 Å². The second-order valence-corrected chi connectivity index (χ2v) is 4.23. The topological polar surface area (TPSA) is 43.4 Å². The molecular formula is C15H11FO3. The first-order valence-electron chi connectivity index (χ1n) is 5.99. The van der Waals surface area contributed by atoms with E-state index in [0.717, 1.165) is 0 Å². The first-order valence-corrected chi connectivity index (χ1v) is 5.99. The molecule has 96 valence electrons. The molecule has 2 heterocycles.